The van der Waals surface area contributed by atoms with Crippen molar-refractivity contribution in [2.24, 2.45) is 0 Å². The molecule has 46 heavy (non-hydrogen) atoms. The number of hydrogen-bond acceptors (Lipinski definition) is 0. The maximum atomic E-state index is 17.5. The van der Waals surface area contributed by atoms with Crippen LogP contribution in [0.25, 0.3) is 11.1 Å². The van der Waals surface area contributed by atoms with Gasteiger partial charge in [0.25, 0.3) is 5.92 Å². The van der Waals surface area contributed by atoms with Gasteiger partial charge < -0.3 is 3.52 Å². The Hall–Kier alpha value is -3.99. The minimum Gasteiger partial charge on any atom is -0.581 e. The fraction of sp³-hybridized carbons (Fsp3) is 0.0400. The predicted molar refractivity (Wildman–Crippen MR) is 113 cm³/mol. The molecular weight excluding hydrogens is 707 g/mol. The molecule has 0 amide bonds. The molecular formula is C25AlF20-. The van der Waals surface area contributed by atoms with Crippen LogP contribution in [-0.2, 0) is 5.92 Å². The maximum Gasteiger partial charge on any atom is 0.454 e. The van der Waals surface area contributed by atoms with Crippen molar-refractivity contribution in [3.8, 4) is 11.1 Å². The highest BCUT2D eigenvalue weighted by Gasteiger charge is 2.60. The Morgan fingerprint density at radius 3 is 0.891 bits per heavy atom. The Kier molecular flexibility index (Phi) is 7.44. The van der Waals surface area contributed by atoms with Crippen LogP contribution in [0.15, 0.2) is 0 Å². The Balaban J connectivity index is 2.19. The average molecular weight is 707 g/mol. The van der Waals surface area contributed by atoms with Crippen molar-refractivity contribution in [1.29, 1.82) is 0 Å². The van der Waals surface area contributed by atoms with E-state index < -0.39 is 154 Å². The third-order valence-corrected chi connectivity index (χ3v) is 11.1. The summed E-state index contributed by atoms with van der Waals surface area (Å²) in [5.41, 5.74) is -11.6. The summed E-state index contributed by atoms with van der Waals surface area (Å²) in [6.07, 6.45) is 0. The molecule has 0 fully saturated rings. The van der Waals surface area contributed by atoms with Crippen molar-refractivity contribution in [2.75, 3.05) is 0 Å². The molecule has 0 bridgehead atoms. The van der Waals surface area contributed by atoms with E-state index in [1.165, 1.54) is 0 Å². The molecule has 0 spiro atoms. The molecule has 1 aliphatic rings. The minimum absolute atomic E-state index is 2.62. The van der Waals surface area contributed by atoms with E-state index in [0.717, 1.165) is 0 Å². The highest BCUT2D eigenvalue weighted by Crippen LogP contribution is 2.55. The Morgan fingerprint density at radius 1 is 0.283 bits per heavy atom. The Bertz CT molecular complexity index is 1940. The molecule has 0 nitrogen and oxygen atoms in total. The lowest BCUT2D eigenvalue weighted by Gasteiger charge is -2.36. The van der Waals surface area contributed by atoms with Gasteiger partial charge in [-0.3, -0.25) is 0 Å². The normalized spacial score (nSPS) is 13.8. The van der Waals surface area contributed by atoms with Crippen LogP contribution in [0.1, 0.15) is 11.1 Å². The first-order chi connectivity index (χ1) is 21.1. The molecule has 1 aliphatic carbocycles. The number of hydrogen-bond donors (Lipinski definition) is 0. The highest BCUT2D eigenvalue weighted by molar-refractivity contribution is 7.07. The Labute approximate surface area is 241 Å². The molecule has 0 aromatic heterocycles. The molecule has 0 atom stereocenters. The van der Waals surface area contributed by atoms with Gasteiger partial charge >= 0.3 is 13.5 Å². The van der Waals surface area contributed by atoms with Gasteiger partial charge in [-0.15, -0.1) is 13.3 Å². The van der Waals surface area contributed by atoms with Gasteiger partial charge in [0.2, 0.25) is 0 Å². The van der Waals surface area contributed by atoms with E-state index >= 15 is 34.3 Å². The molecule has 0 saturated heterocycles. The molecule has 244 valence electrons. The van der Waals surface area contributed by atoms with E-state index in [-0.39, 0.29) is 0 Å². The second-order valence-electron chi connectivity index (χ2n) is 9.41. The predicted octanol–water partition coefficient (Wildman–Crippen LogP) is 7.11. The van der Waals surface area contributed by atoms with Gasteiger partial charge in [-0.05, 0) is 0 Å². The highest BCUT2D eigenvalue weighted by atomic mass is 27.3. The molecule has 0 heterocycles. The van der Waals surface area contributed by atoms with Crippen molar-refractivity contribution in [1.82, 2.24) is 0 Å². The van der Waals surface area contributed by atoms with Crippen LogP contribution in [0.4, 0.5) is 86.9 Å². The van der Waals surface area contributed by atoms with Crippen molar-refractivity contribution >= 4 is 26.8 Å². The van der Waals surface area contributed by atoms with Gasteiger partial charge in [0.1, 0.15) is 29.1 Å². The first-order valence-corrected chi connectivity index (χ1v) is 13.6. The van der Waals surface area contributed by atoms with Crippen LogP contribution < -0.4 is 13.3 Å². The van der Waals surface area contributed by atoms with Crippen molar-refractivity contribution < 1.29 is 86.9 Å². The standard InChI is InChI=1S/C13F9.2C6F5.Al.FH/c14-3-1-2-4(8(16)7(3)15)5-6(13(2,21)22)10(18)12(20)11(19)9(5)17;2*7-2-1-3(8)5(10)6(11)4(2)9;;/h;;;;1H/p-1. The summed E-state index contributed by atoms with van der Waals surface area (Å²) < 4.78 is 286. The third kappa shape index (κ3) is 3.84. The van der Waals surface area contributed by atoms with E-state index in [1.54, 1.807) is 0 Å². The van der Waals surface area contributed by atoms with Crippen LogP contribution >= 0.6 is 0 Å². The van der Waals surface area contributed by atoms with E-state index in [4.69, 9.17) is 0 Å². The van der Waals surface area contributed by atoms with Crippen LogP contribution in [0.5, 0.6) is 0 Å². The summed E-state index contributed by atoms with van der Waals surface area (Å²) in [7, 11) is 0. The molecule has 0 radical (unpaired) electrons. The van der Waals surface area contributed by atoms with E-state index in [1.807, 2.05) is 0 Å². The van der Waals surface area contributed by atoms with Gasteiger partial charge in [0.15, 0.2) is 69.8 Å². The number of benzene rings is 4. The van der Waals surface area contributed by atoms with Gasteiger partial charge in [-0.2, -0.15) is 8.78 Å². The largest absolute Gasteiger partial charge is 0.581 e. The molecule has 21 heteroatoms. The van der Waals surface area contributed by atoms with Gasteiger partial charge in [-0.25, -0.2) is 74.6 Å². The first kappa shape index (κ1) is 33.4. The lowest BCUT2D eigenvalue weighted by Crippen LogP contribution is -2.70. The number of fused-ring (bicyclic) bond motifs is 3. The molecule has 0 aliphatic heterocycles. The lowest BCUT2D eigenvalue weighted by molar-refractivity contribution is 0.0434. The monoisotopic (exact) mass is 707 g/mol. The maximum absolute atomic E-state index is 17.5. The van der Waals surface area contributed by atoms with Crippen molar-refractivity contribution in [3.05, 3.63) is 110 Å². The van der Waals surface area contributed by atoms with Crippen LogP contribution in [0.3, 0.4) is 0 Å². The summed E-state index contributed by atoms with van der Waals surface area (Å²) in [5.74, 6) is -63.4. The first-order valence-electron chi connectivity index (χ1n) is 11.4. The van der Waals surface area contributed by atoms with Crippen molar-refractivity contribution in [3.63, 3.8) is 0 Å². The molecule has 5 rings (SSSR count). The Morgan fingerprint density at radius 2 is 0.522 bits per heavy atom. The molecule has 4 aromatic carbocycles. The molecule has 0 N–H and O–H groups in total. The average Bonchev–Trinajstić information content (AvgIpc) is 3.24. The number of rotatable bonds is 3. The van der Waals surface area contributed by atoms with E-state index in [0.29, 0.717) is 0 Å². The number of halogens is 20. The topological polar surface area (TPSA) is 0 Å². The molecule has 0 saturated carbocycles. The third-order valence-electron chi connectivity index (χ3n) is 7.19. The van der Waals surface area contributed by atoms with Crippen LogP contribution in [-0.4, -0.2) is 13.5 Å². The zero-order valence-electron chi connectivity index (χ0n) is 20.6. The van der Waals surface area contributed by atoms with Crippen LogP contribution in [0, 0.1) is 98.9 Å². The van der Waals surface area contributed by atoms with E-state index in [2.05, 4.69) is 0 Å². The molecule has 0 unspecified atom stereocenters. The second kappa shape index (κ2) is 10.3. The lowest BCUT2D eigenvalue weighted by atomic mass is 10.0. The fourth-order valence-electron chi connectivity index (χ4n) is 5.27. The second-order valence-corrected chi connectivity index (χ2v) is 12.7. The smallest absolute Gasteiger partial charge is 0.454 e. The van der Waals surface area contributed by atoms with Crippen molar-refractivity contribution in [2.45, 2.75) is 5.92 Å². The summed E-state index contributed by atoms with van der Waals surface area (Å²) in [4.78, 5) is 0. The fourth-order valence-corrected chi connectivity index (χ4v) is 9.24. The summed E-state index contributed by atoms with van der Waals surface area (Å²) >= 11 is -9.12. The summed E-state index contributed by atoms with van der Waals surface area (Å²) in [6, 6.07) is 0. The quantitative estimate of drug-likeness (QED) is 0.0923. The van der Waals surface area contributed by atoms with Gasteiger partial charge in [-0.1, -0.05) is 0 Å². The molecule has 4 aromatic rings. The zero-order valence-corrected chi connectivity index (χ0v) is 21.8. The van der Waals surface area contributed by atoms with Crippen LogP contribution in [0.2, 0.25) is 0 Å². The van der Waals surface area contributed by atoms with Gasteiger partial charge in [0, 0.05) is 16.7 Å². The number of alkyl halides is 2. The van der Waals surface area contributed by atoms with Gasteiger partial charge in [0.05, 0.1) is 5.56 Å². The van der Waals surface area contributed by atoms with E-state index in [9.17, 15) is 52.7 Å². The zero-order chi connectivity index (χ0) is 34.9. The minimum atomic E-state index is -9.12. The summed E-state index contributed by atoms with van der Waals surface area (Å²) in [6.45, 7) is 0. The summed E-state index contributed by atoms with van der Waals surface area (Å²) in [5, 5.41) is 0. The SMILES string of the molecule is Fc1c(F)c(F)[c]([Al-]([F])([c]2c(F)c(F)c(F)c(F)c2F)[c]2c(F)c(F)c(F)c3c2C(F)(F)c2c(F)c(F)c(F)c(F)c2-3)c(F)c1F.